The van der Waals surface area contributed by atoms with Crippen LogP contribution in [0, 0.1) is 27.7 Å². The van der Waals surface area contributed by atoms with Gasteiger partial charge in [-0.25, -0.2) is 9.97 Å². The molecule has 0 radical (unpaired) electrons. The largest absolute Gasteiger partial charge is 0.346 e. The molecule has 0 aliphatic rings. The van der Waals surface area contributed by atoms with Crippen molar-refractivity contribution in [2.75, 3.05) is 5.32 Å². The number of nitrogens with zero attached hydrogens (tertiary/aromatic N) is 2. The third-order valence-electron chi connectivity index (χ3n) is 3.49. The molecule has 128 valence electrons. The van der Waals surface area contributed by atoms with E-state index in [1.54, 1.807) is 6.07 Å². The lowest BCUT2D eigenvalue weighted by Crippen LogP contribution is -2.41. The van der Waals surface area contributed by atoms with E-state index in [-0.39, 0.29) is 11.4 Å². The van der Waals surface area contributed by atoms with Crippen molar-refractivity contribution in [2.24, 2.45) is 0 Å². The third kappa shape index (κ3) is 4.54. The summed E-state index contributed by atoms with van der Waals surface area (Å²) in [4.78, 5) is 21.2. The number of carbonyl (C=O) groups is 1. The predicted molar refractivity (Wildman–Crippen MR) is 97.9 cm³/mol. The standard InChI is InChI=1S/C19H26N4O/c1-11-8-12(2)16(13(3)9-11)22-18-20-14(4)10-15(21-18)17(24)23-19(5,6)7/h8-10H,1-7H3,(H,23,24)(H,20,21,22). The molecule has 0 saturated carbocycles. The Kier molecular flexibility index (Phi) is 4.92. The zero-order valence-corrected chi connectivity index (χ0v) is 15.5. The van der Waals surface area contributed by atoms with E-state index < -0.39 is 0 Å². The van der Waals surface area contributed by atoms with Crippen LogP contribution >= 0.6 is 0 Å². The van der Waals surface area contributed by atoms with Crippen LogP contribution < -0.4 is 10.6 Å². The van der Waals surface area contributed by atoms with Crippen LogP contribution in [0.1, 0.15) is 53.6 Å². The van der Waals surface area contributed by atoms with Gasteiger partial charge in [0.2, 0.25) is 5.95 Å². The number of aryl methyl sites for hydroxylation is 4. The fourth-order valence-electron chi connectivity index (χ4n) is 2.63. The van der Waals surface area contributed by atoms with Gasteiger partial charge in [-0.3, -0.25) is 4.79 Å². The highest BCUT2D eigenvalue weighted by Crippen LogP contribution is 2.24. The Hall–Kier alpha value is -2.43. The van der Waals surface area contributed by atoms with E-state index in [9.17, 15) is 4.79 Å². The Morgan fingerprint density at radius 1 is 0.958 bits per heavy atom. The molecule has 0 aliphatic heterocycles. The topological polar surface area (TPSA) is 66.9 Å². The molecule has 0 bridgehead atoms. The van der Waals surface area contributed by atoms with Crippen molar-refractivity contribution in [1.29, 1.82) is 0 Å². The molecule has 0 unspecified atom stereocenters. The maximum atomic E-state index is 12.4. The normalized spacial score (nSPS) is 11.3. The first-order valence-corrected chi connectivity index (χ1v) is 8.08. The molecule has 1 aromatic carbocycles. The van der Waals surface area contributed by atoms with Gasteiger partial charge in [-0.15, -0.1) is 0 Å². The number of carbonyl (C=O) groups excluding carboxylic acids is 1. The highest BCUT2D eigenvalue weighted by Gasteiger charge is 2.18. The van der Waals surface area contributed by atoms with Gasteiger partial charge in [0.15, 0.2) is 0 Å². The zero-order valence-electron chi connectivity index (χ0n) is 15.5. The van der Waals surface area contributed by atoms with Crippen LogP contribution in [-0.4, -0.2) is 21.4 Å². The fourth-order valence-corrected chi connectivity index (χ4v) is 2.63. The van der Waals surface area contributed by atoms with Crippen LogP contribution in [0.25, 0.3) is 0 Å². The molecule has 2 aromatic rings. The molecule has 24 heavy (non-hydrogen) atoms. The van der Waals surface area contributed by atoms with E-state index in [1.165, 1.54) is 5.56 Å². The summed E-state index contributed by atoms with van der Waals surface area (Å²) in [5, 5.41) is 6.19. The van der Waals surface area contributed by atoms with Crippen molar-refractivity contribution >= 4 is 17.5 Å². The predicted octanol–water partition coefficient (Wildman–Crippen LogP) is 3.98. The van der Waals surface area contributed by atoms with Crippen LogP contribution in [0.5, 0.6) is 0 Å². The number of anilines is 2. The molecular weight excluding hydrogens is 300 g/mol. The number of amides is 1. The number of hydrogen-bond donors (Lipinski definition) is 2. The van der Waals surface area contributed by atoms with Gasteiger partial charge in [0, 0.05) is 16.9 Å². The number of rotatable bonds is 3. The van der Waals surface area contributed by atoms with Crippen molar-refractivity contribution in [2.45, 2.75) is 54.0 Å². The van der Waals surface area contributed by atoms with Crippen LogP contribution in [0.4, 0.5) is 11.6 Å². The van der Waals surface area contributed by atoms with Crippen LogP contribution in [0.15, 0.2) is 18.2 Å². The van der Waals surface area contributed by atoms with Gasteiger partial charge in [-0.1, -0.05) is 17.7 Å². The first-order chi connectivity index (χ1) is 11.0. The van der Waals surface area contributed by atoms with Crippen molar-refractivity contribution in [1.82, 2.24) is 15.3 Å². The third-order valence-corrected chi connectivity index (χ3v) is 3.49. The highest BCUT2D eigenvalue weighted by molar-refractivity contribution is 5.93. The summed E-state index contributed by atoms with van der Waals surface area (Å²) in [6, 6.07) is 5.91. The van der Waals surface area contributed by atoms with Crippen molar-refractivity contribution in [3.05, 3.63) is 46.3 Å². The molecule has 0 saturated heterocycles. The van der Waals surface area contributed by atoms with Gasteiger partial charge in [0.25, 0.3) is 5.91 Å². The Morgan fingerprint density at radius 3 is 2.08 bits per heavy atom. The molecule has 1 heterocycles. The number of nitrogens with one attached hydrogen (secondary N) is 2. The minimum absolute atomic E-state index is 0.201. The Balaban J connectivity index is 2.34. The molecule has 0 spiro atoms. The molecule has 5 heteroatoms. The summed E-state index contributed by atoms with van der Waals surface area (Å²) < 4.78 is 0. The SMILES string of the molecule is Cc1cc(C)c(Nc2nc(C)cc(C(=O)NC(C)(C)C)n2)c(C)c1. The van der Waals surface area contributed by atoms with E-state index in [4.69, 9.17) is 0 Å². The van der Waals surface area contributed by atoms with Crippen molar-refractivity contribution < 1.29 is 4.79 Å². The molecule has 0 atom stereocenters. The quantitative estimate of drug-likeness (QED) is 0.895. The number of hydrogen-bond acceptors (Lipinski definition) is 4. The second kappa shape index (κ2) is 6.59. The molecule has 1 amide bonds. The van der Waals surface area contributed by atoms with Crippen molar-refractivity contribution in [3.63, 3.8) is 0 Å². The smallest absolute Gasteiger partial charge is 0.270 e. The first kappa shape index (κ1) is 17.9. The van der Waals surface area contributed by atoms with E-state index in [0.717, 1.165) is 22.5 Å². The molecule has 1 aromatic heterocycles. The fraction of sp³-hybridized carbons (Fsp3) is 0.421. The van der Waals surface area contributed by atoms with E-state index in [0.29, 0.717) is 11.6 Å². The van der Waals surface area contributed by atoms with Crippen LogP contribution in [-0.2, 0) is 0 Å². The van der Waals surface area contributed by atoms with Gasteiger partial charge < -0.3 is 10.6 Å². The van der Waals surface area contributed by atoms with Gasteiger partial charge >= 0.3 is 0 Å². The van der Waals surface area contributed by atoms with Gasteiger partial charge in [0.05, 0.1) is 0 Å². The lowest BCUT2D eigenvalue weighted by atomic mass is 10.1. The molecule has 5 nitrogen and oxygen atoms in total. The van der Waals surface area contributed by atoms with E-state index >= 15 is 0 Å². The monoisotopic (exact) mass is 326 g/mol. The molecular formula is C19H26N4O. The summed E-state index contributed by atoms with van der Waals surface area (Å²) in [6.07, 6.45) is 0. The second-order valence-electron chi connectivity index (χ2n) is 7.32. The summed E-state index contributed by atoms with van der Waals surface area (Å²) in [5.74, 6) is 0.234. The Bertz CT molecular complexity index is 752. The minimum Gasteiger partial charge on any atom is -0.346 e. The lowest BCUT2D eigenvalue weighted by Gasteiger charge is -2.20. The number of benzene rings is 1. The maximum absolute atomic E-state index is 12.4. The van der Waals surface area contributed by atoms with Gasteiger partial charge in [-0.05, 0) is 65.7 Å². The minimum atomic E-state index is -0.312. The highest BCUT2D eigenvalue weighted by atomic mass is 16.2. The Labute approximate surface area is 143 Å². The second-order valence-corrected chi connectivity index (χ2v) is 7.32. The molecule has 0 fully saturated rings. The summed E-state index contributed by atoms with van der Waals surface area (Å²) in [7, 11) is 0. The van der Waals surface area contributed by atoms with Crippen molar-refractivity contribution in [3.8, 4) is 0 Å². The van der Waals surface area contributed by atoms with Gasteiger partial charge in [-0.2, -0.15) is 0 Å². The molecule has 0 aliphatic carbocycles. The molecule has 2 N–H and O–H groups in total. The average Bonchev–Trinajstić information content (AvgIpc) is 2.40. The van der Waals surface area contributed by atoms with Crippen LogP contribution in [0.3, 0.4) is 0 Å². The maximum Gasteiger partial charge on any atom is 0.270 e. The summed E-state index contributed by atoms with van der Waals surface area (Å²) in [6.45, 7) is 13.8. The lowest BCUT2D eigenvalue weighted by molar-refractivity contribution is 0.0914. The van der Waals surface area contributed by atoms with Crippen LogP contribution in [0.2, 0.25) is 0 Å². The summed E-state index contributed by atoms with van der Waals surface area (Å²) >= 11 is 0. The molecule has 2 rings (SSSR count). The van der Waals surface area contributed by atoms with Gasteiger partial charge in [0.1, 0.15) is 5.69 Å². The zero-order chi connectivity index (χ0) is 18.1. The first-order valence-electron chi connectivity index (χ1n) is 8.08. The number of aromatic nitrogens is 2. The van der Waals surface area contributed by atoms with E-state index in [2.05, 4.69) is 39.7 Å². The van der Waals surface area contributed by atoms with E-state index in [1.807, 2.05) is 41.5 Å². The average molecular weight is 326 g/mol. The Morgan fingerprint density at radius 2 is 1.54 bits per heavy atom. The summed E-state index contributed by atoms with van der Waals surface area (Å²) in [5.41, 5.74) is 5.24.